The molecule has 0 atom stereocenters. The van der Waals surface area contributed by atoms with Gasteiger partial charge >= 0.3 is 0 Å². The summed E-state index contributed by atoms with van der Waals surface area (Å²) < 4.78 is 24.3. The number of para-hydroxylation sites is 1. The number of nitrogens with one attached hydrogen (secondary N) is 1. The summed E-state index contributed by atoms with van der Waals surface area (Å²) in [6, 6.07) is 12.5. The first kappa shape index (κ1) is 18.4. The Bertz CT molecular complexity index is 885. The van der Waals surface area contributed by atoms with E-state index in [1.807, 2.05) is 6.07 Å². The Morgan fingerprint density at radius 2 is 1.88 bits per heavy atom. The monoisotopic (exact) mass is 375 g/mol. The maximum atomic E-state index is 13.6. The van der Waals surface area contributed by atoms with E-state index in [2.05, 4.69) is 27.6 Å². The average Bonchev–Trinajstić information content (AvgIpc) is 2.98. The van der Waals surface area contributed by atoms with Crippen molar-refractivity contribution in [2.45, 2.75) is 19.4 Å². The molecular formula is C19H19ClFN3O2. The topological polar surface area (TPSA) is 60.2 Å². The molecule has 0 saturated carbocycles. The fourth-order valence-electron chi connectivity index (χ4n) is 2.94. The maximum absolute atomic E-state index is 13.6. The van der Waals surface area contributed by atoms with Crippen LogP contribution in [0, 0.1) is 5.82 Å². The van der Waals surface area contributed by atoms with Gasteiger partial charge in [-0.3, -0.25) is 0 Å². The first-order valence-corrected chi connectivity index (χ1v) is 8.32. The molecular weight excluding hydrogens is 357 g/mol. The van der Waals surface area contributed by atoms with Gasteiger partial charge in [0.25, 0.3) is 5.89 Å². The summed E-state index contributed by atoms with van der Waals surface area (Å²) in [7, 11) is 0. The standard InChI is InChI=1S/C19H18FN3O2.ClH/c20-16-3-1-2-4-17(16)24-12-18-22-19(25-23-18)15-6-5-13-7-9-21-10-8-14(13)11-15;/h1-6,11,21H,7-10,12H2;1H. The highest BCUT2D eigenvalue weighted by Gasteiger charge is 2.14. The summed E-state index contributed by atoms with van der Waals surface area (Å²) in [6.07, 6.45) is 2.02. The Hall–Kier alpha value is -2.44. The quantitative estimate of drug-likeness (QED) is 0.755. The van der Waals surface area contributed by atoms with Gasteiger partial charge in [-0.05, 0) is 61.3 Å². The Labute approximate surface area is 157 Å². The van der Waals surface area contributed by atoms with Gasteiger partial charge in [-0.2, -0.15) is 4.98 Å². The number of ether oxygens (including phenoxy) is 1. The lowest BCUT2D eigenvalue weighted by Crippen LogP contribution is -2.16. The molecule has 1 aliphatic rings. The highest BCUT2D eigenvalue weighted by Crippen LogP contribution is 2.23. The number of hydrogen-bond donors (Lipinski definition) is 1. The van der Waals surface area contributed by atoms with Crippen LogP contribution in [0.3, 0.4) is 0 Å². The summed E-state index contributed by atoms with van der Waals surface area (Å²) in [5.74, 6) is 0.596. The Balaban J connectivity index is 0.00000196. The van der Waals surface area contributed by atoms with E-state index in [0.29, 0.717) is 11.7 Å². The van der Waals surface area contributed by atoms with Crippen LogP contribution >= 0.6 is 12.4 Å². The van der Waals surface area contributed by atoms with E-state index >= 15 is 0 Å². The second-order valence-electron chi connectivity index (χ2n) is 5.97. The van der Waals surface area contributed by atoms with E-state index in [-0.39, 0.29) is 24.8 Å². The number of hydrogen-bond acceptors (Lipinski definition) is 5. The molecule has 0 amide bonds. The molecule has 0 aliphatic carbocycles. The van der Waals surface area contributed by atoms with Crippen molar-refractivity contribution < 1.29 is 13.7 Å². The van der Waals surface area contributed by atoms with Gasteiger partial charge in [0.05, 0.1) is 0 Å². The van der Waals surface area contributed by atoms with Crippen molar-refractivity contribution >= 4 is 12.4 Å². The minimum absolute atomic E-state index is 0. The molecule has 4 rings (SSSR count). The van der Waals surface area contributed by atoms with E-state index in [4.69, 9.17) is 9.26 Å². The fourth-order valence-corrected chi connectivity index (χ4v) is 2.94. The third-order valence-corrected chi connectivity index (χ3v) is 4.26. The average molecular weight is 376 g/mol. The van der Waals surface area contributed by atoms with Crippen molar-refractivity contribution in [3.05, 3.63) is 65.2 Å². The van der Waals surface area contributed by atoms with E-state index in [1.54, 1.807) is 18.2 Å². The van der Waals surface area contributed by atoms with Crippen molar-refractivity contribution in [2.24, 2.45) is 0 Å². The van der Waals surface area contributed by atoms with Crippen LogP contribution in [0.5, 0.6) is 5.75 Å². The lowest BCUT2D eigenvalue weighted by atomic mass is 10.00. The number of aromatic nitrogens is 2. The smallest absolute Gasteiger partial charge is 0.258 e. The number of nitrogens with zero attached hydrogens (tertiary/aromatic N) is 2. The molecule has 0 fully saturated rings. The number of benzene rings is 2. The zero-order valence-electron chi connectivity index (χ0n) is 14.1. The highest BCUT2D eigenvalue weighted by atomic mass is 35.5. The van der Waals surface area contributed by atoms with Crippen LogP contribution < -0.4 is 10.1 Å². The third kappa shape index (κ3) is 4.03. The molecule has 0 saturated heterocycles. The third-order valence-electron chi connectivity index (χ3n) is 4.26. The van der Waals surface area contributed by atoms with Crippen LogP contribution in [0.2, 0.25) is 0 Å². The highest BCUT2D eigenvalue weighted by molar-refractivity contribution is 5.85. The van der Waals surface area contributed by atoms with Crippen molar-refractivity contribution in [3.63, 3.8) is 0 Å². The molecule has 0 radical (unpaired) electrons. The van der Waals surface area contributed by atoms with E-state index in [9.17, 15) is 4.39 Å². The minimum atomic E-state index is -0.411. The van der Waals surface area contributed by atoms with Crippen LogP contribution in [0.1, 0.15) is 17.0 Å². The van der Waals surface area contributed by atoms with Crippen LogP contribution in [0.15, 0.2) is 47.0 Å². The van der Waals surface area contributed by atoms with Crippen LogP contribution in [0.4, 0.5) is 4.39 Å². The molecule has 26 heavy (non-hydrogen) atoms. The van der Waals surface area contributed by atoms with Crippen molar-refractivity contribution in [1.82, 2.24) is 15.5 Å². The summed E-state index contributed by atoms with van der Waals surface area (Å²) in [6.45, 7) is 2.03. The SMILES string of the molecule is Cl.Fc1ccccc1OCc1noc(-c2ccc3c(c2)CCNCC3)n1. The molecule has 1 aliphatic heterocycles. The van der Waals surface area contributed by atoms with Crippen LogP contribution in [-0.4, -0.2) is 23.2 Å². The van der Waals surface area contributed by atoms with Gasteiger partial charge in [0.2, 0.25) is 5.82 Å². The summed E-state index contributed by atoms with van der Waals surface area (Å²) in [4.78, 5) is 4.36. The molecule has 2 aromatic carbocycles. The molecule has 3 aromatic rings. The zero-order valence-corrected chi connectivity index (χ0v) is 14.9. The maximum Gasteiger partial charge on any atom is 0.258 e. The first-order valence-electron chi connectivity index (χ1n) is 8.32. The van der Waals surface area contributed by atoms with Crippen molar-refractivity contribution in [3.8, 4) is 17.2 Å². The van der Waals surface area contributed by atoms with Crippen molar-refractivity contribution in [1.29, 1.82) is 0 Å². The lowest BCUT2D eigenvalue weighted by Gasteiger charge is -2.05. The number of rotatable bonds is 4. The zero-order chi connectivity index (χ0) is 17.1. The molecule has 0 unspecified atom stereocenters. The molecule has 5 nitrogen and oxygen atoms in total. The molecule has 1 aromatic heterocycles. The van der Waals surface area contributed by atoms with E-state index in [0.717, 1.165) is 31.5 Å². The summed E-state index contributed by atoms with van der Waals surface area (Å²) >= 11 is 0. The minimum Gasteiger partial charge on any atom is -0.482 e. The van der Waals surface area contributed by atoms with Gasteiger partial charge in [0.15, 0.2) is 18.2 Å². The summed E-state index contributed by atoms with van der Waals surface area (Å²) in [5.41, 5.74) is 3.56. The van der Waals surface area contributed by atoms with Crippen LogP contribution in [0.25, 0.3) is 11.5 Å². The predicted octanol–water partition coefficient (Wildman–Crippen LogP) is 3.56. The van der Waals surface area contributed by atoms with Gasteiger partial charge in [0.1, 0.15) is 0 Å². The molecule has 2 heterocycles. The van der Waals surface area contributed by atoms with Crippen molar-refractivity contribution in [2.75, 3.05) is 13.1 Å². The predicted molar refractivity (Wildman–Crippen MR) is 98.0 cm³/mol. The van der Waals surface area contributed by atoms with Gasteiger partial charge < -0.3 is 14.6 Å². The molecule has 136 valence electrons. The Kier molecular flexibility index (Phi) is 5.85. The first-order chi connectivity index (χ1) is 12.3. The van der Waals surface area contributed by atoms with E-state index in [1.165, 1.54) is 17.2 Å². The Morgan fingerprint density at radius 1 is 1.08 bits per heavy atom. The molecule has 0 spiro atoms. The molecule has 7 heteroatoms. The van der Waals surface area contributed by atoms with Gasteiger partial charge in [-0.15, -0.1) is 12.4 Å². The molecule has 1 N–H and O–H groups in total. The van der Waals surface area contributed by atoms with Gasteiger partial charge in [-0.1, -0.05) is 23.4 Å². The fraction of sp³-hybridized carbons (Fsp3) is 0.263. The lowest BCUT2D eigenvalue weighted by molar-refractivity contribution is 0.274. The number of halogens is 2. The molecule has 0 bridgehead atoms. The summed E-state index contributed by atoms with van der Waals surface area (Å²) in [5, 5.41) is 7.32. The van der Waals surface area contributed by atoms with E-state index < -0.39 is 5.82 Å². The second kappa shape index (κ2) is 8.29. The second-order valence-corrected chi connectivity index (χ2v) is 5.97. The van der Waals surface area contributed by atoms with Crippen LogP contribution in [-0.2, 0) is 19.4 Å². The van der Waals surface area contributed by atoms with Gasteiger partial charge in [0, 0.05) is 5.56 Å². The normalized spacial score (nSPS) is 13.4. The van der Waals surface area contributed by atoms with Gasteiger partial charge in [-0.25, -0.2) is 4.39 Å². The largest absolute Gasteiger partial charge is 0.482 e. The number of fused-ring (bicyclic) bond motifs is 1. The Morgan fingerprint density at radius 3 is 2.73 bits per heavy atom.